The van der Waals surface area contributed by atoms with Gasteiger partial charge >= 0.3 is 33.3 Å². The van der Waals surface area contributed by atoms with Gasteiger partial charge in [-0.05, 0) is 94.7 Å². The Morgan fingerprint density at radius 3 is 1.26 bits per heavy atom. The summed E-state index contributed by atoms with van der Waals surface area (Å²) in [4.78, 5) is 10.2. The second-order valence-corrected chi connectivity index (χ2v) is 12.3. The molecule has 43 heavy (non-hydrogen) atoms. The van der Waals surface area contributed by atoms with Gasteiger partial charge in [-0.1, -0.05) is 72.8 Å². The van der Waals surface area contributed by atoms with Crippen molar-refractivity contribution in [3.8, 4) is 0 Å². The van der Waals surface area contributed by atoms with Gasteiger partial charge in [0.15, 0.2) is 0 Å². The van der Waals surface area contributed by atoms with Crippen LogP contribution in [0.3, 0.4) is 0 Å². The first-order chi connectivity index (χ1) is 21.0. The van der Waals surface area contributed by atoms with Crippen molar-refractivity contribution in [2.75, 3.05) is 0 Å². The van der Waals surface area contributed by atoms with Crippen LogP contribution < -0.4 is 0 Å². The van der Waals surface area contributed by atoms with E-state index in [1.807, 2.05) is 0 Å². The van der Waals surface area contributed by atoms with Crippen molar-refractivity contribution in [3.63, 3.8) is 0 Å². The van der Waals surface area contributed by atoms with E-state index in [1.165, 1.54) is 32.3 Å². The molecule has 0 aliphatic heterocycles. The van der Waals surface area contributed by atoms with E-state index in [-0.39, 0.29) is 13.1 Å². The molecule has 1 heterocycles. The van der Waals surface area contributed by atoms with Crippen LogP contribution in [-0.2, 0) is 20.2 Å². The van der Waals surface area contributed by atoms with Crippen LogP contribution in [0.5, 0.6) is 0 Å². The zero-order valence-corrected chi connectivity index (χ0v) is 26.6. The van der Waals surface area contributed by atoms with Gasteiger partial charge < -0.3 is 4.57 Å². The summed E-state index contributed by atoms with van der Waals surface area (Å²) < 4.78 is 2.19. The van der Waals surface area contributed by atoms with Gasteiger partial charge in [-0.3, -0.25) is 9.98 Å². The Morgan fingerprint density at radius 1 is 0.512 bits per heavy atom. The monoisotopic (exact) mass is 641 g/mol. The van der Waals surface area contributed by atoms with E-state index in [9.17, 15) is 0 Å². The summed E-state index contributed by atoms with van der Waals surface area (Å²) in [6.07, 6.45) is 0. The Kier molecular flexibility index (Phi) is 8.65. The van der Waals surface area contributed by atoms with Gasteiger partial charge in [0, 0.05) is 17.8 Å². The molecule has 6 heteroatoms. The van der Waals surface area contributed by atoms with Crippen LogP contribution in [0.4, 0.5) is 11.4 Å². The maximum absolute atomic E-state index is 5.11. The van der Waals surface area contributed by atoms with Crippen LogP contribution in [-0.4, -0.2) is 16.0 Å². The number of benzene rings is 6. The molecule has 0 amide bonds. The third-order valence-electron chi connectivity index (χ3n) is 7.89. The third kappa shape index (κ3) is 5.98. The molecule has 0 spiro atoms. The molecule has 214 valence electrons. The zero-order valence-electron chi connectivity index (χ0n) is 24.0. The standard InChI is InChI=1S/C37H29N3.2ClH.Fe/c1-24(38-34-16-8-14-30-20-26-10-4-6-12-28(26)22-32(30)34)36-18-19-37(40(36)3)25(2)39-35-17-9-15-31-21-27-11-5-7-13-29(27)23-33(31)35;;;/h4-23H,1-3H3;2*1H;/q;;;+2/p-2. The van der Waals surface area contributed by atoms with E-state index < -0.39 is 0 Å². The van der Waals surface area contributed by atoms with Crippen LogP contribution in [0.15, 0.2) is 131 Å². The molecule has 7 rings (SSSR count). The van der Waals surface area contributed by atoms with Gasteiger partial charge in [-0.2, -0.15) is 0 Å². The quantitative estimate of drug-likeness (QED) is 0.104. The Balaban J connectivity index is 0.00000105. The van der Waals surface area contributed by atoms with E-state index in [0.717, 1.165) is 45.0 Å². The first-order valence-electron chi connectivity index (χ1n) is 13.9. The summed E-state index contributed by atoms with van der Waals surface area (Å²) in [5.74, 6) is 0. The van der Waals surface area contributed by atoms with E-state index in [2.05, 4.69) is 147 Å². The van der Waals surface area contributed by atoms with Crippen LogP contribution in [0.1, 0.15) is 25.2 Å². The molecule has 0 unspecified atom stereocenters. The van der Waals surface area contributed by atoms with Crippen molar-refractivity contribution in [1.29, 1.82) is 0 Å². The molecular formula is C37H29Cl2FeN3. The Morgan fingerprint density at radius 2 is 0.860 bits per heavy atom. The number of fused-ring (bicyclic) bond motifs is 4. The summed E-state index contributed by atoms with van der Waals surface area (Å²) in [5, 5.41) is 9.67. The van der Waals surface area contributed by atoms with Crippen LogP contribution in [0, 0.1) is 0 Å². The van der Waals surface area contributed by atoms with E-state index in [0.29, 0.717) is 0 Å². The minimum absolute atomic E-state index is 0.194. The number of nitrogens with zero attached hydrogens (tertiary/aromatic N) is 3. The van der Waals surface area contributed by atoms with Gasteiger partial charge in [-0.25, -0.2) is 0 Å². The maximum atomic E-state index is 5.11. The molecule has 7 aromatic rings. The Labute approximate surface area is 266 Å². The third-order valence-corrected chi connectivity index (χ3v) is 7.89. The summed E-state index contributed by atoms with van der Waals surface area (Å²) >= 11 is 0.194. The van der Waals surface area contributed by atoms with E-state index >= 15 is 0 Å². The van der Waals surface area contributed by atoms with Crippen molar-refractivity contribution in [3.05, 3.63) is 133 Å². The van der Waals surface area contributed by atoms with Crippen LogP contribution >= 0.6 is 20.2 Å². The molecule has 0 radical (unpaired) electrons. The van der Waals surface area contributed by atoms with E-state index in [1.54, 1.807) is 0 Å². The van der Waals surface area contributed by atoms with Crippen molar-refractivity contribution < 1.29 is 13.1 Å². The summed E-state index contributed by atoms with van der Waals surface area (Å²) in [7, 11) is 11.6. The molecule has 0 saturated heterocycles. The van der Waals surface area contributed by atoms with Crippen molar-refractivity contribution in [2.24, 2.45) is 17.0 Å². The number of hydrogen-bond acceptors (Lipinski definition) is 2. The van der Waals surface area contributed by atoms with Crippen LogP contribution in [0.2, 0.25) is 0 Å². The molecule has 0 bridgehead atoms. The number of halogens is 2. The molecule has 0 saturated carbocycles. The van der Waals surface area contributed by atoms with Gasteiger partial charge in [0.1, 0.15) is 0 Å². The second-order valence-electron chi connectivity index (χ2n) is 10.5. The fraction of sp³-hybridized carbons (Fsp3) is 0.0811. The fourth-order valence-corrected chi connectivity index (χ4v) is 5.81. The summed E-state index contributed by atoms with van der Waals surface area (Å²) in [6, 6.07) is 42.9. The van der Waals surface area contributed by atoms with Gasteiger partial charge in [0.25, 0.3) is 0 Å². The van der Waals surface area contributed by atoms with Gasteiger partial charge in [0.05, 0.1) is 34.2 Å². The van der Waals surface area contributed by atoms with E-state index in [4.69, 9.17) is 30.2 Å². The predicted molar refractivity (Wildman–Crippen MR) is 184 cm³/mol. The molecule has 0 aliphatic carbocycles. The first-order valence-corrected chi connectivity index (χ1v) is 17.0. The minimum atomic E-state index is 0.194. The summed E-state index contributed by atoms with van der Waals surface area (Å²) in [6.45, 7) is 4.17. The van der Waals surface area contributed by atoms with Gasteiger partial charge in [0.2, 0.25) is 0 Å². The molecule has 0 N–H and O–H groups in total. The number of aliphatic imine (C=N–C) groups is 2. The molecule has 1 aromatic heterocycles. The molecule has 3 nitrogen and oxygen atoms in total. The first kappa shape index (κ1) is 29.2. The molecule has 0 fully saturated rings. The number of rotatable bonds is 4. The SMILES string of the molecule is CC(=Nc1cccc2cc3ccccc3cc12)c1ccc(C(C)=Nc2cccc3cc4ccccc4cc23)n1C.[Cl][Fe][Cl]. The Bertz CT molecular complexity index is 2030. The van der Waals surface area contributed by atoms with Crippen molar-refractivity contribution in [2.45, 2.75) is 13.8 Å². The van der Waals surface area contributed by atoms with Crippen molar-refractivity contribution >= 4 is 86.1 Å². The van der Waals surface area contributed by atoms with Crippen molar-refractivity contribution in [1.82, 2.24) is 4.57 Å². The molecule has 0 aliphatic rings. The molecule has 0 atom stereocenters. The fourth-order valence-electron chi connectivity index (χ4n) is 5.81. The second kappa shape index (κ2) is 12.8. The molecular weight excluding hydrogens is 613 g/mol. The average molecular weight is 642 g/mol. The average Bonchev–Trinajstić information content (AvgIpc) is 3.41. The van der Waals surface area contributed by atoms with Crippen LogP contribution in [0.25, 0.3) is 43.1 Å². The molecule has 6 aromatic carbocycles. The zero-order chi connectivity index (χ0) is 29.9. The summed E-state index contributed by atoms with van der Waals surface area (Å²) in [5.41, 5.74) is 6.06. The Hall–Kier alpha value is -3.92. The topological polar surface area (TPSA) is 29.6 Å². The number of hydrogen-bond donors (Lipinski definition) is 0. The number of aromatic nitrogens is 1. The predicted octanol–water partition coefficient (Wildman–Crippen LogP) is 11.3. The van der Waals surface area contributed by atoms with Gasteiger partial charge in [-0.15, -0.1) is 0 Å². The normalized spacial score (nSPS) is 12.3.